The highest BCUT2D eigenvalue weighted by atomic mass is 32.2. The van der Waals surface area contributed by atoms with Crippen LogP contribution in [0, 0.1) is 13.8 Å². The zero-order valence-electron chi connectivity index (χ0n) is 11.4. The van der Waals surface area contributed by atoms with Gasteiger partial charge in [-0.2, -0.15) is 5.10 Å². The van der Waals surface area contributed by atoms with E-state index in [2.05, 4.69) is 9.82 Å². The Kier molecular flexibility index (Phi) is 3.78. The van der Waals surface area contributed by atoms with Gasteiger partial charge >= 0.3 is 0 Å². The number of carbonyl (C=O) groups is 1. The first-order chi connectivity index (χ1) is 9.35. The molecule has 0 aliphatic heterocycles. The summed E-state index contributed by atoms with van der Waals surface area (Å²) in [6.07, 6.45) is 0.453. The van der Waals surface area contributed by atoms with Gasteiger partial charge in [0.05, 0.1) is 5.69 Å². The third-order valence-electron chi connectivity index (χ3n) is 3.08. The topological polar surface area (TPSA) is 94.2 Å². The monoisotopic (exact) mass is 297 g/mol. The van der Waals surface area contributed by atoms with E-state index in [9.17, 15) is 13.2 Å². The van der Waals surface area contributed by atoms with Crippen molar-refractivity contribution in [2.75, 3.05) is 0 Å². The van der Waals surface area contributed by atoms with Gasteiger partial charge in [0, 0.05) is 24.8 Å². The minimum absolute atomic E-state index is 0.0286. The number of rotatable bonds is 5. The van der Waals surface area contributed by atoms with Crippen molar-refractivity contribution in [2.24, 2.45) is 7.05 Å². The molecule has 0 amide bonds. The van der Waals surface area contributed by atoms with Crippen molar-refractivity contribution in [3.8, 4) is 0 Å². The van der Waals surface area contributed by atoms with Gasteiger partial charge in [-0.3, -0.25) is 9.48 Å². The van der Waals surface area contributed by atoms with E-state index in [-0.39, 0.29) is 17.4 Å². The molecule has 8 heteroatoms. The van der Waals surface area contributed by atoms with Crippen molar-refractivity contribution in [2.45, 2.75) is 25.5 Å². The van der Waals surface area contributed by atoms with Crippen LogP contribution in [0.3, 0.4) is 0 Å². The van der Waals surface area contributed by atoms with Gasteiger partial charge in [0.15, 0.2) is 12.0 Å². The standard InChI is InChI=1S/C12H15N3O4S/c1-8-11(9(2)15(3)14-8)6-13-20(17,18)12-5-4-10(7-16)19-12/h4-5,7,13H,6H2,1-3H3. The van der Waals surface area contributed by atoms with E-state index in [1.165, 1.54) is 12.1 Å². The number of nitrogens with one attached hydrogen (secondary N) is 1. The average Bonchev–Trinajstić information content (AvgIpc) is 2.95. The molecule has 0 bridgehead atoms. The third-order valence-corrected chi connectivity index (χ3v) is 4.35. The van der Waals surface area contributed by atoms with Crippen LogP contribution in [0.2, 0.25) is 0 Å². The largest absolute Gasteiger partial charge is 0.440 e. The van der Waals surface area contributed by atoms with Crippen molar-refractivity contribution in [3.05, 3.63) is 34.8 Å². The predicted octanol–water partition coefficient (Wildman–Crippen LogP) is 0.921. The number of hydrogen-bond donors (Lipinski definition) is 1. The first kappa shape index (κ1) is 14.5. The summed E-state index contributed by atoms with van der Waals surface area (Å²) >= 11 is 0. The minimum atomic E-state index is -3.78. The van der Waals surface area contributed by atoms with Crippen molar-refractivity contribution in [1.29, 1.82) is 0 Å². The van der Waals surface area contributed by atoms with Gasteiger partial charge in [0.1, 0.15) is 0 Å². The lowest BCUT2D eigenvalue weighted by atomic mass is 10.2. The van der Waals surface area contributed by atoms with E-state index in [0.717, 1.165) is 17.0 Å². The smallest absolute Gasteiger partial charge is 0.274 e. The van der Waals surface area contributed by atoms with Gasteiger partial charge in [-0.1, -0.05) is 0 Å². The van der Waals surface area contributed by atoms with Gasteiger partial charge in [0.2, 0.25) is 5.09 Å². The molecule has 2 aromatic heterocycles. The summed E-state index contributed by atoms with van der Waals surface area (Å²) in [7, 11) is -1.99. The van der Waals surface area contributed by atoms with E-state index >= 15 is 0 Å². The molecular formula is C12H15N3O4S. The lowest BCUT2D eigenvalue weighted by Crippen LogP contribution is -2.23. The summed E-state index contributed by atoms with van der Waals surface area (Å²) in [5, 5.41) is 3.93. The van der Waals surface area contributed by atoms with Crippen molar-refractivity contribution < 1.29 is 17.6 Å². The van der Waals surface area contributed by atoms with Gasteiger partial charge in [-0.15, -0.1) is 0 Å². The maximum atomic E-state index is 12.0. The van der Waals surface area contributed by atoms with Crippen LogP contribution in [0.1, 0.15) is 27.5 Å². The molecule has 0 aromatic carbocycles. The zero-order valence-corrected chi connectivity index (χ0v) is 12.2. The number of aromatic nitrogens is 2. The molecule has 2 rings (SSSR count). The highest BCUT2D eigenvalue weighted by molar-refractivity contribution is 7.89. The average molecular weight is 297 g/mol. The van der Waals surface area contributed by atoms with Gasteiger partial charge in [-0.05, 0) is 26.0 Å². The van der Waals surface area contributed by atoms with Crippen LogP contribution in [0.25, 0.3) is 0 Å². The second kappa shape index (κ2) is 5.22. The summed E-state index contributed by atoms with van der Waals surface area (Å²) in [5.41, 5.74) is 2.47. The number of nitrogens with zero attached hydrogens (tertiary/aromatic N) is 2. The Balaban J connectivity index is 2.19. The summed E-state index contributed by atoms with van der Waals surface area (Å²) in [6.45, 7) is 3.79. The fourth-order valence-electron chi connectivity index (χ4n) is 1.85. The molecule has 20 heavy (non-hydrogen) atoms. The van der Waals surface area contributed by atoms with E-state index in [0.29, 0.717) is 6.29 Å². The number of sulfonamides is 1. The Morgan fingerprint density at radius 3 is 2.60 bits per heavy atom. The number of aryl methyl sites for hydroxylation is 2. The highest BCUT2D eigenvalue weighted by Crippen LogP contribution is 2.15. The second-order valence-corrected chi connectivity index (χ2v) is 6.07. The normalized spacial score (nSPS) is 11.8. The lowest BCUT2D eigenvalue weighted by molar-refractivity contribution is 0.109. The van der Waals surface area contributed by atoms with Crippen LogP contribution in [0.5, 0.6) is 0 Å². The Bertz CT molecular complexity index is 743. The summed E-state index contributed by atoms with van der Waals surface area (Å²) in [6, 6.07) is 2.55. The van der Waals surface area contributed by atoms with Crippen LogP contribution >= 0.6 is 0 Å². The Hall–Kier alpha value is -1.93. The number of hydrogen-bond acceptors (Lipinski definition) is 5. The molecule has 0 fully saturated rings. The molecule has 0 atom stereocenters. The van der Waals surface area contributed by atoms with E-state index in [1.54, 1.807) is 11.7 Å². The Labute approximate surface area is 116 Å². The molecule has 0 radical (unpaired) electrons. The molecular weight excluding hydrogens is 282 g/mol. The molecule has 108 valence electrons. The second-order valence-electron chi connectivity index (χ2n) is 4.37. The van der Waals surface area contributed by atoms with Crippen molar-refractivity contribution >= 4 is 16.3 Å². The van der Waals surface area contributed by atoms with Crippen molar-refractivity contribution in [1.82, 2.24) is 14.5 Å². The molecule has 2 aromatic rings. The van der Waals surface area contributed by atoms with Crippen LogP contribution in [-0.4, -0.2) is 24.5 Å². The van der Waals surface area contributed by atoms with Crippen molar-refractivity contribution in [3.63, 3.8) is 0 Å². The minimum Gasteiger partial charge on any atom is -0.440 e. The van der Waals surface area contributed by atoms with Crippen LogP contribution in [0.4, 0.5) is 0 Å². The highest BCUT2D eigenvalue weighted by Gasteiger charge is 2.20. The molecule has 2 heterocycles. The maximum Gasteiger partial charge on any atom is 0.274 e. The first-order valence-electron chi connectivity index (χ1n) is 5.89. The van der Waals surface area contributed by atoms with Gasteiger partial charge in [-0.25, -0.2) is 13.1 Å². The first-order valence-corrected chi connectivity index (χ1v) is 7.37. The SMILES string of the molecule is Cc1nn(C)c(C)c1CNS(=O)(=O)c1ccc(C=O)o1. The fraction of sp³-hybridized carbons (Fsp3) is 0.333. The molecule has 0 unspecified atom stereocenters. The molecule has 0 aliphatic carbocycles. The number of furan rings is 1. The third kappa shape index (κ3) is 2.66. The van der Waals surface area contributed by atoms with Crippen LogP contribution < -0.4 is 4.72 Å². The lowest BCUT2D eigenvalue weighted by Gasteiger charge is -2.04. The van der Waals surface area contributed by atoms with Crippen LogP contribution in [0.15, 0.2) is 21.6 Å². The molecule has 1 N–H and O–H groups in total. The predicted molar refractivity (Wildman–Crippen MR) is 70.8 cm³/mol. The summed E-state index contributed by atoms with van der Waals surface area (Å²) in [5.74, 6) is -0.0286. The fourth-order valence-corrected chi connectivity index (χ4v) is 2.78. The maximum absolute atomic E-state index is 12.0. The van der Waals surface area contributed by atoms with Gasteiger partial charge in [0.25, 0.3) is 10.0 Å². The van der Waals surface area contributed by atoms with E-state index < -0.39 is 10.0 Å². The molecule has 0 aliphatic rings. The molecule has 0 spiro atoms. The Morgan fingerprint density at radius 2 is 2.10 bits per heavy atom. The molecule has 7 nitrogen and oxygen atoms in total. The van der Waals surface area contributed by atoms with E-state index in [4.69, 9.17) is 4.42 Å². The zero-order chi connectivity index (χ0) is 14.9. The summed E-state index contributed by atoms with van der Waals surface area (Å²) in [4.78, 5) is 10.5. The number of aldehydes is 1. The van der Waals surface area contributed by atoms with Crippen LogP contribution in [-0.2, 0) is 23.6 Å². The molecule has 0 saturated carbocycles. The quantitative estimate of drug-likeness (QED) is 0.828. The molecule has 0 saturated heterocycles. The number of carbonyl (C=O) groups excluding carboxylic acids is 1. The van der Waals surface area contributed by atoms with E-state index in [1.807, 2.05) is 13.8 Å². The van der Waals surface area contributed by atoms with Gasteiger partial charge < -0.3 is 4.42 Å². The Morgan fingerprint density at radius 1 is 1.40 bits per heavy atom. The summed E-state index contributed by atoms with van der Waals surface area (Å²) < 4.78 is 33.1.